The average molecular weight is 314 g/mol. The van der Waals surface area contributed by atoms with Crippen molar-refractivity contribution in [3.05, 3.63) is 42.2 Å². The number of para-hydroxylation sites is 1. The minimum Gasteiger partial charge on any atom is -0.471 e. The molecule has 0 radical (unpaired) electrons. The molecular formula is C15H14N4O2S. The molecule has 22 heavy (non-hydrogen) atoms. The second-order valence-corrected chi connectivity index (χ2v) is 5.85. The highest BCUT2D eigenvalue weighted by molar-refractivity contribution is 6.99. The van der Waals surface area contributed by atoms with E-state index >= 15 is 0 Å². The van der Waals surface area contributed by atoms with Gasteiger partial charge in [-0.1, -0.05) is 18.2 Å². The van der Waals surface area contributed by atoms with Crippen LogP contribution < -0.4 is 4.74 Å². The largest absolute Gasteiger partial charge is 0.471 e. The average Bonchev–Trinajstić information content (AvgIpc) is 3.27. The number of hydrogen-bond acceptors (Lipinski definition) is 5. The Morgan fingerprint density at radius 3 is 3.14 bits per heavy atom. The maximum Gasteiger partial charge on any atom is 0.270 e. The molecule has 0 saturated carbocycles. The molecule has 2 aromatic heterocycles. The summed E-state index contributed by atoms with van der Waals surface area (Å²) in [7, 11) is 0. The Morgan fingerprint density at radius 1 is 1.41 bits per heavy atom. The molecule has 1 saturated heterocycles. The van der Waals surface area contributed by atoms with Crippen LogP contribution in [0, 0.1) is 0 Å². The Bertz CT molecular complexity index is 766. The molecule has 1 aliphatic rings. The number of hydrogen-bond donors (Lipinski definition) is 1. The second kappa shape index (κ2) is 5.42. The molecule has 112 valence electrons. The Balaban J connectivity index is 1.47. The molecule has 6 nitrogen and oxygen atoms in total. The molecule has 1 N–H and O–H groups in total. The smallest absolute Gasteiger partial charge is 0.270 e. The van der Waals surface area contributed by atoms with Crippen LogP contribution in [0.15, 0.2) is 36.5 Å². The highest BCUT2D eigenvalue weighted by Gasteiger charge is 2.29. The lowest BCUT2D eigenvalue weighted by atomic mass is 10.2. The van der Waals surface area contributed by atoms with Crippen molar-refractivity contribution in [1.29, 1.82) is 0 Å². The van der Waals surface area contributed by atoms with Crippen LogP contribution in [-0.2, 0) is 0 Å². The van der Waals surface area contributed by atoms with Gasteiger partial charge in [0.2, 0.25) is 5.88 Å². The number of ether oxygens (including phenoxy) is 1. The van der Waals surface area contributed by atoms with Gasteiger partial charge < -0.3 is 14.6 Å². The van der Waals surface area contributed by atoms with Gasteiger partial charge in [0.1, 0.15) is 18.0 Å². The molecule has 0 aliphatic carbocycles. The Morgan fingerprint density at radius 2 is 2.32 bits per heavy atom. The van der Waals surface area contributed by atoms with Gasteiger partial charge in [-0.2, -0.15) is 4.37 Å². The van der Waals surface area contributed by atoms with Crippen LogP contribution >= 0.6 is 11.7 Å². The maximum atomic E-state index is 12.6. The van der Waals surface area contributed by atoms with E-state index in [1.807, 2.05) is 35.2 Å². The lowest BCUT2D eigenvalue weighted by molar-refractivity contribution is 0.0766. The summed E-state index contributed by atoms with van der Waals surface area (Å²) in [4.78, 5) is 17.6. The van der Waals surface area contributed by atoms with Crippen LogP contribution in [0.1, 0.15) is 16.9 Å². The molecule has 1 aliphatic heterocycles. The number of fused-ring (bicyclic) bond motifs is 1. The summed E-state index contributed by atoms with van der Waals surface area (Å²) in [6.07, 6.45) is 2.40. The third kappa shape index (κ3) is 2.43. The first kappa shape index (κ1) is 13.3. The molecule has 0 bridgehead atoms. The van der Waals surface area contributed by atoms with E-state index < -0.39 is 0 Å². The fourth-order valence-corrected chi connectivity index (χ4v) is 3.10. The number of aromatic amines is 1. The van der Waals surface area contributed by atoms with E-state index in [1.165, 1.54) is 0 Å². The monoisotopic (exact) mass is 314 g/mol. The predicted molar refractivity (Wildman–Crippen MR) is 83.1 cm³/mol. The van der Waals surface area contributed by atoms with Crippen molar-refractivity contribution < 1.29 is 9.53 Å². The number of benzene rings is 1. The number of H-pyrrole nitrogens is 1. The molecule has 1 fully saturated rings. The van der Waals surface area contributed by atoms with Crippen molar-refractivity contribution in [3.63, 3.8) is 0 Å². The van der Waals surface area contributed by atoms with Crippen molar-refractivity contribution in [2.75, 3.05) is 13.1 Å². The summed E-state index contributed by atoms with van der Waals surface area (Å²) < 4.78 is 13.7. The topological polar surface area (TPSA) is 71.1 Å². The van der Waals surface area contributed by atoms with Crippen molar-refractivity contribution in [3.8, 4) is 5.88 Å². The van der Waals surface area contributed by atoms with Crippen LogP contribution in [0.2, 0.25) is 0 Å². The molecule has 1 unspecified atom stereocenters. The van der Waals surface area contributed by atoms with Gasteiger partial charge in [0.05, 0.1) is 18.3 Å². The first-order valence-electron chi connectivity index (χ1n) is 7.11. The third-order valence-electron chi connectivity index (χ3n) is 3.82. The number of likely N-dealkylation sites (tertiary alicyclic amines) is 1. The Labute approximate surface area is 131 Å². The molecule has 0 spiro atoms. The van der Waals surface area contributed by atoms with E-state index in [9.17, 15) is 4.79 Å². The summed E-state index contributed by atoms with van der Waals surface area (Å²) in [5.74, 6) is 0.550. The van der Waals surface area contributed by atoms with Crippen LogP contribution in [0.5, 0.6) is 5.88 Å². The SMILES string of the molecule is O=C(c1cc2ccccc2[nH]1)N1CCC(Oc2cnsn2)C1. The summed E-state index contributed by atoms with van der Waals surface area (Å²) in [5, 5.41) is 1.05. The highest BCUT2D eigenvalue weighted by Crippen LogP contribution is 2.20. The minimum absolute atomic E-state index is 0.0127. The quantitative estimate of drug-likeness (QED) is 0.805. The normalized spacial score (nSPS) is 18.0. The number of nitrogens with zero attached hydrogens (tertiary/aromatic N) is 3. The number of carbonyl (C=O) groups excluding carboxylic acids is 1. The van der Waals surface area contributed by atoms with Crippen molar-refractivity contribution >= 4 is 28.5 Å². The van der Waals surface area contributed by atoms with Gasteiger partial charge in [-0.3, -0.25) is 4.79 Å². The van der Waals surface area contributed by atoms with E-state index in [2.05, 4.69) is 13.7 Å². The minimum atomic E-state index is -0.0165. The van der Waals surface area contributed by atoms with Gasteiger partial charge in [-0.25, -0.2) is 0 Å². The number of aromatic nitrogens is 3. The van der Waals surface area contributed by atoms with Crippen molar-refractivity contribution in [1.82, 2.24) is 18.6 Å². The summed E-state index contributed by atoms with van der Waals surface area (Å²) in [6.45, 7) is 1.27. The third-order valence-corrected chi connectivity index (χ3v) is 4.28. The maximum absolute atomic E-state index is 12.6. The van der Waals surface area contributed by atoms with E-state index in [1.54, 1.807) is 6.20 Å². The van der Waals surface area contributed by atoms with Crippen molar-refractivity contribution in [2.45, 2.75) is 12.5 Å². The zero-order chi connectivity index (χ0) is 14.9. The zero-order valence-electron chi connectivity index (χ0n) is 11.7. The zero-order valence-corrected chi connectivity index (χ0v) is 12.5. The molecular weight excluding hydrogens is 300 g/mol. The Kier molecular flexibility index (Phi) is 3.27. The summed E-state index contributed by atoms with van der Waals surface area (Å²) in [5.41, 5.74) is 1.60. The highest BCUT2D eigenvalue weighted by atomic mass is 32.1. The first-order chi connectivity index (χ1) is 10.8. The van der Waals surface area contributed by atoms with Crippen LogP contribution in [0.25, 0.3) is 10.9 Å². The lowest BCUT2D eigenvalue weighted by Gasteiger charge is -2.15. The summed E-state index contributed by atoms with van der Waals surface area (Å²) >= 11 is 1.12. The van der Waals surface area contributed by atoms with E-state index in [0.29, 0.717) is 24.7 Å². The molecule has 1 atom stereocenters. The van der Waals surface area contributed by atoms with Gasteiger partial charge in [-0.05, 0) is 12.1 Å². The van der Waals surface area contributed by atoms with E-state index in [4.69, 9.17) is 4.74 Å². The van der Waals surface area contributed by atoms with Gasteiger partial charge >= 0.3 is 0 Å². The molecule has 1 aromatic carbocycles. The fraction of sp³-hybridized carbons (Fsp3) is 0.267. The molecule has 4 rings (SSSR count). The second-order valence-electron chi connectivity index (χ2n) is 5.30. The molecule has 3 aromatic rings. The number of carbonyl (C=O) groups is 1. The molecule has 7 heteroatoms. The van der Waals surface area contributed by atoms with Gasteiger partial charge in [0.25, 0.3) is 5.91 Å². The number of nitrogens with one attached hydrogen (secondary N) is 1. The summed E-state index contributed by atoms with van der Waals surface area (Å²) in [6, 6.07) is 9.78. The predicted octanol–water partition coefficient (Wildman–Crippen LogP) is 2.31. The van der Waals surface area contributed by atoms with E-state index in [0.717, 1.165) is 29.1 Å². The Hall–Kier alpha value is -2.41. The van der Waals surface area contributed by atoms with Crippen LogP contribution in [0.4, 0.5) is 0 Å². The molecule has 3 heterocycles. The first-order valence-corrected chi connectivity index (χ1v) is 7.84. The van der Waals surface area contributed by atoms with Gasteiger partial charge in [0, 0.05) is 23.9 Å². The standard InChI is InChI=1S/C15H14N4O2S/c20-15(13-7-10-3-1-2-4-12(10)17-13)19-6-5-11(9-19)21-14-8-16-22-18-14/h1-4,7-8,11,17H,5-6,9H2. The van der Waals surface area contributed by atoms with Crippen LogP contribution in [0.3, 0.4) is 0 Å². The number of rotatable bonds is 3. The molecule has 1 amide bonds. The lowest BCUT2D eigenvalue weighted by Crippen LogP contribution is -2.31. The van der Waals surface area contributed by atoms with Gasteiger partial charge in [-0.15, -0.1) is 4.37 Å². The van der Waals surface area contributed by atoms with Crippen LogP contribution in [-0.4, -0.2) is 43.7 Å². The van der Waals surface area contributed by atoms with E-state index in [-0.39, 0.29) is 12.0 Å². The van der Waals surface area contributed by atoms with Gasteiger partial charge in [0.15, 0.2) is 0 Å². The fourth-order valence-electron chi connectivity index (χ4n) is 2.75. The number of amides is 1. The van der Waals surface area contributed by atoms with Crippen molar-refractivity contribution in [2.24, 2.45) is 0 Å².